The molecule has 0 fully saturated rings. The zero-order valence-corrected chi connectivity index (χ0v) is 11.7. The molecule has 0 heterocycles. The molecule has 0 aliphatic rings. The van der Waals surface area contributed by atoms with Crippen LogP contribution in [0.5, 0.6) is 5.75 Å². The minimum absolute atomic E-state index is 0.0121. The molecule has 1 amide bonds. The molecule has 0 saturated heterocycles. The molecule has 0 radical (unpaired) electrons. The highest BCUT2D eigenvalue weighted by atomic mass is 19.3. The molecule has 0 aromatic heterocycles. The Bertz CT molecular complexity index is 427. The van der Waals surface area contributed by atoms with E-state index in [-0.39, 0.29) is 17.7 Å². The molecular weight excluding hydrogens is 266 g/mol. The van der Waals surface area contributed by atoms with E-state index in [4.69, 9.17) is 0 Å². The molecule has 1 aromatic carbocycles. The highest BCUT2D eigenvalue weighted by molar-refractivity contribution is 5.75. The second-order valence-electron chi connectivity index (χ2n) is 4.33. The fourth-order valence-corrected chi connectivity index (χ4v) is 1.77. The van der Waals surface area contributed by atoms with Gasteiger partial charge < -0.3 is 15.4 Å². The highest BCUT2D eigenvalue weighted by Crippen LogP contribution is 2.20. The molecule has 1 aromatic rings. The van der Waals surface area contributed by atoms with Gasteiger partial charge in [-0.25, -0.2) is 0 Å². The van der Waals surface area contributed by atoms with E-state index in [0.29, 0.717) is 19.5 Å². The molecule has 0 aliphatic carbocycles. The van der Waals surface area contributed by atoms with Crippen molar-refractivity contribution >= 4 is 5.91 Å². The van der Waals surface area contributed by atoms with Crippen LogP contribution in [0.25, 0.3) is 0 Å². The minimum Gasteiger partial charge on any atom is -0.435 e. The van der Waals surface area contributed by atoms with Crippen LogP contribution >= 0.6 is 0 Å². The molecule has 0 spiro atoms. The molecule has 0 bridgehead atoms. The third kappa shape index (κ3) is 5.97. The molecule has 6 heteroatoms. The van der Waals surface area contributed by atoms with Crippen molar-refractivity contribution in [2.24, 2.45) is 0 Å². The highest BCUT2D eigenvalue weighted by Gasteiger charge is 2.09. The molecule has 0 aliphatic heterocycles. The number of alkyl halides is 2. The summed E-state index contributed by atoms with van der Waals surface area (Å²) in [6, 6.07) is 6.48. The first-order chi connectivity index (χ1) is 9.52. The van der Waals surface area contributed by atoms with Gasteiger partial charge in [0.05, 0.1) is 0 Å². The number of hydrogen-bond acceptors (Lipinski definition) is 3. The number of carbonyl (C=O) groups excluding carboxylic acids is 1. The van der Waals surface area contributed by atoms with E-state index in [1.807, 2.05) is 19.9 Å². The second kappa shape index (κ2) is 8.47. The lowest BCUT2D eigenvalue weighted by atomic mass is 10.1. The van der Waals surface area contributed by atoms with Gasteiger partial charge in [0, 0.05) is 25.6 Å². The van der Waals surface area contributed by atoms with Crippen molar-refractivity contribution in [3.63, 3.8) is 0 Å². The molecule has 1 atom stereocenters. The summed E-state index contributed by atoms with van der Waals surface area (Å²) in [4.78, 5) is 11.3. The summed E-state index contributed by atoms with van der Waals surface area (Å²) in [5.41, 5.74) is 0.832. The van der Waals surface area contributed by atoms with E-state index in [9.17, 15) is 13.6 Å². The summed E-state index contributed by atoms with van der Waals surface area (Å²) >= 11 is 0. The molecule has 1 unspecified atom stereocenters. The SMILES string of the molecule is CCNC(=O)CCNC(C)c1cccc(OC(F)F)c1. The van der Waals surface area contributed by atoms with E-state index in [0.717, 1.165) is 5.56 Å². The summed E-state index contributed by atoms with van der Waals surface area (Å²) in [5, 5.41) is 5.87. The van der Waals surface area contributed by atoms with Crippen molar-refractivity contribution in [3.05, 3.63) is 29.8 Å². The van der Waals surface area contributed by atoms with Crippen LogP contribution < -0.4 is 15.4 Å². The molecule has 1 rings (SSSR count). The summed E-state index contributed by atoms with van der Waals surface area (Å²) in [6.45, 7) is 2.07. The van der Waals surface area contributed by atoms with Crippen LogP contribution in [0.1, 0.15) is 31.9 Å². The van der Waals surface area contributed by atoms with Crippen molar-refractivity contribution in [3.8, 4) is 5.75 Å². The maximum Gasteiger partial charge on any atom is 0.387 e. The number of benzene rings is 1. The van der Waals surface area contributed by atoms with E-state index in [1.54, 1.807) is 12.1 Å². The lowest BCUT2D eigenvalue weighted by molar-refractivity contribution is -0.120. The molecule has 0 saturated carbocycles. The van der Waals surface area contributed by atoms with E-state index in [2.05, 4.69) is 15.4 Å². The Morgan fingerprint density at radius 1 is 1.40 bits per heavy atom. The first-order valence-corrected chi connectivity index (χ1v) is 6.57. The second-order valence-corrected chi connectivity index (χ2v) is 4.33. The van der Waals surface area contributed by atoms with Crippen molar-refractivity contribution in [2.45, 2.75) is 32.9 Å². The van der Waals surface area contributed by atoms with Crippen molar-refractivity contribution < 1.29 is 18.3 Å². The smallest absolute Gasteiger partial charge is 0.387 e. The topological polar surface area (TPSA) is 50.4 Å². The number of hydrogen-bond donors (Lipinski definition) is 2. The maximum atomic E-state index is 12.1. The predicted molar refractivity (Wildman–Crippen MR) is 72.8 cm³/mol. The molecule has 112 valence electrons. The maximum absolute atomic E-state index is 12.1. The van der Waals surface area contributed by atoms with Crippen molar-refractivity contribution in [1.82, 2.24) is 10.6 Å². The average Bonchev–Trinajstić information content (AvgIpc) is 2.38. The summed E-state index contributed by atoms with van der Waals surface area (Å²) in [5.74, 6) is 0.122. The number of carbonyl (C=O) groups is 1. The lowest BCUT2D eigenvalue weighted by Crippen LogP contribution is -2.28. The van der Waals surface area contributed by atoms with Crippen LogP contribution in [0, 0.1) is 0 Å². The molecule has 4 nitrogen and oxygen atoms in total. The Morgan fingerprint density at radius 3 is 2.80 bits per heavy atom. The Balaban J connectivity index is 2.46. The fourth-order valence-electron chi connectivity index (χ4n) is 1.77. The molecule has 2 N–H and O–H groups in total. The summed E-state index contributed by atoms with van der Waals surface area (Å²) in [7, 11) is 0. The van der Waals surface area contributed by atoms with Gasteiger partial charge in [0.15, 0.2) is 0 Å². The van der Waals surface area contributed by atoms with Gasteiger partial charge in [0.25, 0.3) is 0 Å². The Labute approximate surface area is 117 Å². The minimum atomic E-state index is -2.83. The Kier molecular flexibility index (Phi) is 6.93. The number of amides is 1. The van der Waals surface area contributed by atoms with Crippen LogP contribution in [0.15, 0.2) is 24.3 Å². The third-order valence-electron chi connectivity index (χ3n) is 2.76. The van der Waals surface area contributed by atoms with Gasteiger partial charge in [-0.05, 0) is 31.5 Å². The molecule has 20 heavy (non-hydrogen) atoms. The van der Waals surface area contributed by atoms with Gasteiger partial charge in [0.2, 0.25) is 5.91 Å². The van der Waals surface area contributed by atoms with Gasteiger partial charge in [-0.2, -0.15) is 8.78 Å². The van der Waals surface area contributed by atoms with E-state index < -0.39 is 6.61 Å². The lowest BCUT2D eigenvalue weighted by Gasteiger charge is -2.15. The number of rotatable bonds is 8. The van der Waals surface area contributed by atoms with Crippen LogP contribution in [-0.2, 0) is 4.79 Å². The van der Waals surface area contributed by atoms with E-state index >= 15 is 0 Å². The average molecular weight is 286 g/mol. The zero-order chi connectivity index (χ0) is 15.0. The van der Waals surface area contributed by atoms with Gasteiger partial charge in [-0.3, -0.25) is 4.79 Å². The third-order valence-corrected chi connectivity index (χ3v) is 2.76. The first-order valence-electron chi connectivity index (χ1n) is 6.57. The first kappa shape index (κ1) is 16.4. The largest absolute Gasteiger partial charge is 0.435 e. The normalized spacial score (nSPS) is 12.2. The standard InChI is InChI=1S/C14H20F2N2O2/c1-3-17-13(19)7-8-18-10(2)11-5-4-6-12(9-11)20-14(15)16/h4-6,9-10,14,18H,3,7-8H2,1-2H3,(H,17,19). The van der Waals surface area contributed by atoms with Crippen molar-refractivity contribution in [2.75, 3.05) is 13.1 Å². The quantitative estimate of drug-likeness (QED) is 0.772. The Morgan fingerprint density at radius 2 is 2.15 bits per heavy atom. The fraction of sp³-hybridized carbons (Fsp3) is 0.500. The van der Waals surface area contributed by atoms with Gasteiger partial charge in [-0.15, -0.1) is 0 Å². The van der Waals surface area contributed by atoms with Crippen LogP contribution in [0.4, 0.5) is 8.78 Å². The van der Waals surface area contributed by atoms with Gasteiger partial charge in [0.1, 0.15) is 5.75 Å². The Hall–Kier alpha value is -1.69. The number of halogens is 2. The monoisotopic (exact) mass is 286 g/mol. The van der Waals surface area contributed by atoms with Gasteiger partial charge >= 0.3 is 6.61 Å². The van der Waals surface area contributed by atoms with Crippen LogP contribution in [-0.4, -0.2) is 25.6 Å². The molecular formula is C14H20F2N2O2. The van der Waals surface area contributed by atoms with E-state index in [1.165, 1.54) is 6.07 Å². The number of nitrogens with one attached hydrogen (secondary N) is 2. The van der Waals surface area contributed by atoms with Crippen molar-refractivity contribution in [1.29, 1.82) is 0 Å². The number of ether oxygens (including phenoxy) is 1. The van der Waals surface area contributed by atoms with Gasteiger partial charge in [-0.1, -0.05) is 12.1 Å². The zero-order valence-electron chi connectivity index (χ0n) is 11.7. The van der Waals surface area contributed by atoms with Crippen LogP contribution in [0.2, 0.25) is 0 Å². The van der Waals surface area contributed by atoms with Crippen LogP contribution in [0.3, 0.4) is 0 Å². The summed E-state index contributed by atoms with van der Waals surface area (Å²) < 4.78 is 28.6. The predicted octanol–water partition coefficient (Wildman–Crippen LogP) is 2.46. The summed E-state index contributed by atoms with van der Waals surface area (Å²) in [6.07, 6.45) is 0.380.